The van der Waals surface area contributed by atoms with Gasteiger partial charge in [0, 0.05) is 0 Å². The number of hydrogen-bond acceptors (Lipinski definition) is 4. The average molecular weight is 391 g/mol. The van der Waals surface area contributed by atoms with E-state index in [1.54, 1.807) is 37.3 Å². The molecule has 0 aliphatic carbocycles. The Bertz CT molecular complexity index is 869. The Morgan fingerprint density at radius 2 is 1.67 bits per heavy atom. The highest BCUT2D eigenvalue weighted by Crippen LogP contribution is 2.20. The van der Waals surface area contributed by atoms with Crippen molar-refractivity contribution in [1.29, 1.82) is 0 Å². The number of anilines is 1. The molecule has 2 aromatic carbocycles. The van der Waals surface area contributed by atoms with Crippen molar-refractivity contribution in [3.8, 4) is 5.75 Å². The first-order valence-corrected chi connectivity index (χ1v) is 10.6. The number of sulfonamides is 1. The second-order valence-electron chi connectivity index (χ2n) is 6.56. The summed E-state index contributed by atoms with van der Waals surface area (Å²) in [4.78, 5) is 12.6. The van der Waals surface area contributed by atoms with Crippen LogP contribution >= 0.6 is 0 Å². The van der Waals surface area contributed by atoms with E-state index in [9.17, 15) is 13.2 Å². The van der Waals surface area contributed by atoms with Crippen molar-refractivity contribution < 1.29 is 17.9 Å². The Labute approximate surface area is 161 Å². The number of hydrogen-bond donors (Lipinski definition) is 1. The van der Waals surface area contributed by atoms with Gasteiger partial charge in [-0.2, -0.15) is 0 Å². The van der Waals surface area contributed by atoms with Crippen LogP contribution in [0.3, 0.4) is 0 Å². The molecular weight excluding hydrogens is 364 g/mol. The highest BCUT2D eigenvalue weighted by atomic mass is 32.2. The van der Waals surface area contributed by atoms with Crippen LogP contribution in [-0.2, 0) is 14.8 Å². The lowest BCUT2D eigenvalue weighted by Crippen LogP contribution is -2.50. The molecule has 6 nitrogen and oxygen atoms in total. The number of benzene rings is 2. The second-order valence-corrected chi connectivity index (χ2v) is 8.42. The van der Waals surface area contributed by atoms with Gasteiger partial charge < -0.3 is 10.1 Å². The van der Waals surface area contributed by atoms with Gasteiger partial charge in [-0.15, -0.1) is 0 Å². The number of amides is 1. The summed E-state index contributed by atoms with van der Waals surface area (Å²) in [5, 5.41) is 2.82. The highest BCUT2D eigenvalue weighted by molar-refractivity contribution is 7.92. The quantitative estimate of drug-likeness (QED) is 0.752. The molecule has 2 atom stereocenters. The third-order valence-electron chi connectivity index (χ3n) is 4.07. The van der Waals surface area contributed by atoms with Crippen LogP contribution < -0.4 is 14.4 Å². The fourth-order valence-electron chi connectivity index (χ4n) is 2.72. The van der Waals surface area contributed by atoms with Gasteiger partial charge in [-0.3, -0.25) is 9.10 Å². The summed E-state index contributed by atoms with van der Waals surface area (Å²) in [6.07, 6.45) is 1.09. The van der Waals surface area contributed by atoms with Crippen LogP contribution in [0.1, 0.15) is 19.4 Å². The van der Waals surface area contributed by atoms with Crippen molar-refractivity contribution in [2.24, 2.45) is 0 Å². The van der Waals surface area contributed by atoms with Crippen LogP contribution in [0.2, 0.25) is 0 Å². The molecule has 2 rings (SSSR count). The molecule has 0 heterocycles. The van der Waals surface area contributed by atoms with E-state index in [0.29, 0.717) is 5.69 Å². The Hall–Kier alpha value is -2.54. The third-order valence-corrected chi connectivity index (χ3v) is 5.31. The SMILES string of the molecule is Cc1ccccc1OC[C@@H](C)NC(=O)[C@H](C)N(c1ccccc1)S(C)(=O)=O. The number of aryl methyl sites for hydroxylation is 1. The van der Waals surface area contributed by atoms with Crippen molar-refractivity contribution in [3.05, 3.63) is 60.2 Å². The first kappa shape index (κ1) is 20.8. The third kappa shape index (κ3) is 5.72. The van der Waals surface area contributed by atoms with Gasteiger partial charge in [0.2, 0.25) is 15.9 Å². The molecule has 0 spiro atoms. The first-order valence-electron chi connectivity index (χ1n) is 8.73. The maximum absolute atomic E-state index is 12.6. The summed E-state index contributed by atoms with van der Waals surface area (Å²) in [7, 11) is -3.62. The lowest BCUT2D eigenvalue weighted by atomic mass is 10.2. The number of nitrogens with one attached hydrogen (secondary N) is 1. The Balaban J connectivity index is 2.03. The highest BCUT2D eigenvalue weighted by Gasteiger charge is 2.29. The van der Waals surface area contributed by atoms with Gasteiger partial charge in [-0.05, 0) is 44.5 Å². The Morgan fingerprint density at radius 1 is 1.07 bits per heavy atom. The van der Waals surface area contributed by atoms with E-state index in [2.05, 4.69) is 5.32 Å². The van der Waals surface area contributed by atoms with Crippen molar-refractivity contribution in [3.63, 3.8) is 0 Å². The van der Waals surface area contributed by atoms with Crippen LogP contribution in [0, 0.1) is 6.92 Å². The molecule has 2 aromatic rings. The maximum Gasteiger partial charge on any atom is 0.243 e. The van der Waals surface area contributed by atoms with Crippen molar-refractivity contribution in [2.45, 2.75) is 32.9 Å². The van der Waals surface area contributed by atoms with Crippen LogP contribution in [0.4, 0.5) is 5.69 Å². The largest absolute Gasteiger partial charge is 0.491 e. The van der Waals surface area contributed by atoms with E-state index in [-0.39, 0.29) is 18.6 Å². The standard InChI is InChI=1S/C20H26N2O4S/c1-15-10-8-9-13-19(15)26-14-16(2)21-20(23)17(3)22(27(4,24)25)18-11-6-5-7-12-18/h5-13,16-17H,14H2,1-4H3,(H,21,23)/t16-,17+/m1/s1. The normalized spacial score (nSPS) is 13.5. The van der Waals surface area contributed by atoms with E-state index in [0.717, 1.165) is 21.9 Å². The van der Waals surface area contributed by atoms with Crippen molar-refractivity contribution in [1.82, 2.24) is 5.32 Å². The lowest BCUT2D eigenvalue weighted by Gasteiger charge is -2.29. The van der Waals surface area contributed by atoms with Crippen LogP contribution in [0.5, 0.6) is 5.75 Å². The molecule has 0 aromatic heterocycles. The van der Waals surface area contributed by atoms with Crippen LogP contribution in [0.25, 0.3) is 0 Å². The zero-order valence-electron chi connectivity index (χ0n) is 16.0. The molecule has 0 saturated heterocycles. The number of para-hydroxylation sites is 2. The summed E-state index contributed by atoms with van der Waals surface area (Å²) < 4.78 is 31.3. The smallest absolute Gasteiger partial charge is 0.243 e. The minimum absolute atomic E-state index is 0.281. The summed E-state index contributed by atoms with van der Waals surface area (Å²) in [5.41, 5.74) is 1.46. The molecule has 1 N–H and O–H groups in total. The Morgan fingerprint density at radius 3 is 2.26 bits per heavy atom. The summed E-state index contributed by atoms with van der Waals surface area (Å²) in [6.45, 7) is 5.62. The molecule has 0 unspecified atom stereocenters. The zero-order valence-corrected chi connectivity index (χ0v) is 16.9. The monoisotopic (exact) mass is 390 g/mol. The molecule has 0 bridgehead atoms. The predicted molar refractivity (Wildman–Crippen MR) is 108 cm³/mol. The molecule has 0 radical (unpaired) electrons. The van der Waals surface area contributed by atoms with Crippen LogP contribution in [0.15, 0.2) is 54.6 Å². The van der Waals surface area contributed by atoms with E-state index >= 15 is 0 Å². The summed E-state index contributed by atoms with van der Waals surface area (Å²) in [6, 6.07) is 15.0. The number of carbonyl (C=O) groups is 1. The van der Waals surface area contributed by atoms with Crippen molar-refractivity contribution >= 4 is 21.6 Å². The van der Waals surface area contributed by atoms with Crippen LogP contribution in [-0.4, -0.2) is 39.3 Å². The molecule has 0 aliphatic rings. The number of ether oxygens (including phenoxy) is 1. The van der Waals surface area contributed by atoms with Gasteiger partial charge in [0.25, 0.3) is 0 Å². The fourth-order valence-corrected chi connectivity index (χ4v) is 3.90. The Kier molecular flexibility index (Phi) is 6.85. The lowest BCUT2D eigenvalue weighted by molar-refractivity contribution is -0.122. The predicted octanol–water partition coefficient (Wildman–Crippen LogP) is 2.73. The van der Waals surface area contributed by atoms with E-state index < -0.39 is 16.1 Å². The molecule has 1 amide bonds. The molecule has 27 heavy (non-hydrogen) atoms. The maximum atomic E-state index is 12.6. The topological polar surface area (TPSA) is 75.7 Å². The second kappa shape index (κ2) is 8.90. The minimum atomic E-state index is -3.62. The van der Waals surface area contributed by atoms with Gasteiger partial charge in [0.05, 0.1) is 18.0 Å². The number of rotatable bonds is 8. The fraction of sp³-hybridized carbons (Fsp3) is 0.350. The van der Waals surface area contributed by atoms with Gasteiger partial charge in [0.1, 0.15) is 18.4 Å². The summed E-state index contributed by atoms with van der Waals surface area (Å²) in [5.74, 6) is 0.374. The number of carbonyl (C=O) groups excluding carboxylic acids is 1. The van der Waals surface area contributed by atoms with Gasteiger partial charge in [-0.25, -0.2) is 8.42 Å². The van der Waals surface area contributed by atoms with Crippen molar-refractivity contribution in [2.75, 3.05) is 17.2 Å². The summed E-state index contributed by atoms with van der Waals surface area (Å²) >= 11 is 0. The van der Waals surface area contributed by atoms with Gasteiger partial charge in [-0.1, -0.05) is 36.4 Å². The minimum Gasteiger partial charge on any atom is -0.491 e. The van der Waals surface area contributed by atoms with Gasteiger partial charge in [0.15, 0.2) is 0 Å². The van der Waals surface area contributed by atoms with E-state index in [1.807, 2.05) is 38.1 Å². The van der Waals surface area contributed by atoms with E-state index in [1.165, 1.54) is 0 Å². The molecular formula is C20H26N2O4S. The first-order chi connectivity index (χ1) is 12.7. The molecule has 7 heteroatoms. The molecule has 146 valence electrons. The average Bonchev–Trinajstić information content (AvgIpc) is 2.60. The molecule has 0 fully saturated rings. The zero-order chi connectivity index (χ0) is 20.0. The molecule has 0 aliphatic heterocycles. The van der Waals surface area contributed by atoms with E-state index in [4.69, 9.17) is 4.74 Å². The van der Waals surface area contributed by atoms with Gasteiger partial charge >= 0.3 is 0 Å². The number of nitrogens with zero attached hydrogens (tertiary/aromatic N) is 1. The molecule has 0 saturated carbocycles.